The number of ether oxygens (including phenoxy) is 1. The SMILES string of the molecule is CC[C@H](O)[C@H]1C[C@H](O)[C@H](/C=C/[C@@H](O)C/C=C\C/C=C\C/C=C\CCC(=O)O)O1. The number of allylic oxidation sites excluding steroid dienone is 5. The van der Waals surface area contributed by atoms with Crippen molar-refractivity contribution < 1.29 is 30.0 Å². The predicted molar refractivity (Wildman–Crippen MR) is 109 cm³/mol. The smallest absolute Gasteiger partial charge is 0.303 e. The molecule has 0 amide bonds. The van der Waals surface area contributed by atoms with E-state index < -0.39 is 30.4 Å². The molecule has 1 rings (SSSR count). The highest BCUT2D eigenvalue weighted by molar-refractivity contribution is 5.66. The molecule has 1 aliphatic heterocycles. The summed E-state index contributed by atoms with van der Waals surface area (Å²) in [4.78, 5) is 10.3. The molecule has 0 radical (unpaired) electrons. The average molecular weight is 395 g/mol. The molecule has 6 heteroatoms. The van der Waals surface area contributed by atoms with Crippen molar-refractivity contribution in [2.45, 2.75) is 82.4 Å². The second-order valence-electron chi connectivity index (χ2n) is 6.92. The Morgan fingerprint density at radius 1 is 1.11 bits per heavy atom. The molecule has 5 atom stereocenters. The van der Waals surface area contributed by atoms with Crippen molar-refractivity contribution in [3.8, 4) is 0 Å². The van der Waals surface area contributed by atoms with Gasteiger partial charge in [0.25, 0.3) is 0 Å². The summed E-state index contributed by atoms with van der Waals surface area (Å²) in [5.41, 5.74) is 0. The molecule has 1 fully saturated rings. The van der Waals surface area contributed by atoms with Gasteiger partial charge in [-0.1, -0.05) is 55.5 Å². The molecule has 0 aromatic carbocycles. The highest BCUT2D eigenvalue weighted by Crippen LogP contribution is 2.25. The van der Waals surface area contributed by atoms with Crippen molar-refractivity contribution in [1.82, 2.24) is 0 Å². The van der Waals surface area contributed by atoms with Crippen LogP contribution >= 0.6 is 0 Å². The third kappa shape index (κ3) is 10.6. The molecule has 6 nitrogen and oxygen atoms in total. The van der Waals surface area contributed by atoms with E-state index in [1.165, 1.54) is 0 Å². The minimum atomic E-state index is -0.784. The van der Waals surface area contributed by atoms with Gasteiger partial charge in [0.2, 0.25) is 0 Å². The topological polar surface area (TPSA) is 107 Å². The lowest BCUT2D eigenvalue weighted by Gasteiger charge is -2.16. The van der Waals surface area contributed by atoms with E-state index in [0.29, 0.717) is 25.7 Å². The second kappa shape index (κ2) is 14.3. The Morgan fingerprint density at radius 2 is 1.75 bits per heavy atom. The van der Waals surface area contributed by atoms with Gasteiger partial charge in [-0.3, -0.25) is 4.79 Å². The molecule has 1 aliphatic rings. The highest BCUT2D eigenvalue weighted by Gasteiger charge is 2.35. The van der Waals surface area contributed by atoms with Crippen LogP contribution in [-0.4, -0.2) is 56.9 Å². The lowest BCUT2D eigenvalue weighted by Crippen LogP contribution is -2.25. The molecule has 1 saturated heterocycles. The minimum Gasteiger partial charge on any atom is -0.481 e. The van der Waals surface area contributed by atoms with Crippen LogP contribution in [0.4, 0.5) is 0 Å². The first kappa shape index (κ1) is 24.3. The molecule has 0 spiro atoms. The largest absolute Gasteiger partial charge is 0.481 e. The zero-order chi connectivity index (χ0) is 20.8. The summed E-state index contributed by atoms with van der Waals surface area (Å²) in [6.45, 7) is 1.87. The number of hydrogen-bond acceptors (Lipinski definition) is 5. The number of aliphatic hydroxyl groups is 3. The quantitative estimate of drug-likeness (QED) is 0.358. The Bertz CT molecular complexity index is 551. The van der Waals surface area contributed by atoms with Crippen LogP contribution in [0.1, 0.15) is 51.9 Å². The van der Waals surface area contributed by atoms with Gasteiger partial charge in [0, 0.05) is 12.8 Å². The molecular formula is C22H34O6. The number of carbonyl (C=O) groups is 1. The number of hydrogen-bond donors (Lipinski definition) is 4. The van der Waals surface area contributed by atoms with Gasteiger partial charge in [-0.2, -0.15) is 0 Å². The van der Waals surface area contributed by atoms with E-state index in [9.17, 15) is 20.1 Å². The van der Waals surface area contributed by atoms with Gasteiger partial charge in [-0.05, 0) is 32.1 Å². The predicted octanol–water partition coefficient (Wildman–Crippen LogP) is 2.90. The standard InChI is InChI=1S/C22H34O6/c1-2-18(24)21-16-19(25)20(28-21)15-14-17(23)12-10-8-6-4-3-5-7-9-11-13-22(26)27/h3-4,7-10,14-15,17-21,23-25H,2,5-6,11-13,16H2,1H3,(H,26,27)/b4-3-,9-7-,10-8-,15-14+/t17-,18-,19-,20-,21+/m0/s1. The summed E-state index contributed by atoms with van der Waals surface area (Å²) in [5.74, 6) is -0.784. The molecule has 158 valence electrons. The molecule has 0 unspecified atom stereocenters. The number of aliphatic hydroxyl groups excluding tert-OH is 3. The van der Waals surface area contributed by atoms with Crippen LogP contribution in [0.3, 0.4) is 0 Å². The lowest BCUT2D eigenvalue weighted by molar-refractivity contribution is -0.136. The Hall–Kier alpha value is -1.73. The molecule has 1 heterocycles. The van der Waals surface area contributed by atoms with Crippen LogP contribution in [0.25, 0.3) is 0 Å². The molecule has 0 aromatic rings. The summed E-state index contributed by atoms with van der Waals surface area (Å²) in [7, 11) is 0. The van der Waals surface area contributed by atoms with Gasteiger partial charge in [0.05, 0.1) is 24.4 Å². The summed E-state index contributed by atoms with van der Waals surface area (Å²) in [6, 6.07) is 0. The normalized spacial score (nSPS) is 25.5. The highest BCUT2D eigenvalue weighted by atomic mass is 16.5. The van der Waals surface area contributed by atoms with Crippen molar-refractivity contribution in [3.63, 3.8) is 0 Å². The number of rotatable bonds is 13. The van der Waals surface area contributed by atoms with Gasteiger partial charge < -0.3 is 25.2 Å². The van der Waals surface area contributed by atoms with Crippen LogP contribution in [0, 0.1) is 0 Å². The number of carboxylic acid groups (broad SMARTS) is 1. The van der Waals surface area contributed by atoms with Gasteiger partial charge >= 0.3 is 5.97 Å². The van der Waals surface area contributed by atoms with Gasteiger partial charge in [-0.25, -0.2) is 0 Å². The lowest BCUT2D eigenvalue weighted by atomic mass is 10.1. The van der Waals surface area contributed by atoms with Crippen LogP contribution < -0.4 is 0 Å². The summed E-state index contributed by atoms with van der Waals surface area (Å²) < 4.78 is 5.63. The fourth-order valence-corrected chi connectivity index (χ4v) is 2.82. The first-order valence-corrected chi connectivity index (χ1v) is 9.98. The number of carboxylic acids is 1. The fraction of sp³-hybridized carbons (Fsp3) is 0.591. The zero-order valence-electron chi connectivity index (χ0n) is 16.6. The summed E-state index contributed by atoms with van der Waals surface area (Å²) in [5, 5.41) is 38.3. The Morgan fingerprint density at radius 3 is 2.39 bits per heavy atom. The van der Waals surface area contributed by atoms with Gasteiger partial charge in [-0.15, -0.1) is 0 Å². The van der Waals surface area contributed by atoms with Gasteiger partial charge in [0.1, 0.15) is 6.10 Å². The molecule has 4 N–H and O–H groups in total. The van der Waals surface area contributed by atoms with E-state index >= 15 is 0 Å². The third-order valence-electron chi connectivity index (χ3n) is 4.50. The Balaban J connectivity index is 2.18. The first-order valence-electron chi connectivity index (χ1n) is 9.98. The fourth-order valence-electron chi connectivity index (χ4n) is 2.82. The van der Waals surface area contributed by atoms with Crippen molar-refractivity contribution in [3.05, 3.63) is 48.6 Å². The number of aliphatic carboxylic acids is 1. The Labute approximate surface area is 167 Å². The zero-order valence-corrected chi connectivity index (χ0v) is 16.6. The molecule has 0 aromatic heterocycles. The van der Waals surface area contributed by atoms with Crippen molar-refractivity contribution in [1.29, 1.82) is 0 Å². The average Bonchev–Trinajstić information content (AvgIpc) is 3.04. The minimum absolute atomic E-state index is 0.160. The molecule has 28 heavy (non-hydrogen) atoms. The maximum absolute atomic E-state index is 10.3. The first-order chi connectivity index (χ1) is 13.4. The van der Waals surface area contributed by atoms with E-state index in [1.807, 2.05) is 43.4 Å². The van der Waals surface area contributed by atoms with E-state index in [2.05, 4.69) is 0 Å². The van der Waals surface area contributed by atoms with Crippen molar-refractivity contribution in [2.75, 3.05) is 0 Å². The summed E-state index contributed by atoms with van der Waals surface area (Å²) in [6.07, 6.45) is 16.0. The van der Waals surface area contributed by atoms with E-state index in [0.717, 1.165) is 12.8 Å². The van der Waals surface area contributed by atoms with Crippen molar-refractivity contribution >= 4 is 5.97 Å². The molecular weight excluding hydrogens is 360 g/mol. The van der Waals surface area contributed by atoms with E-state index in [1.54, 1.807) is 12.2 Å². The van der Waals surface area contributed by atoms with E-state index in [4.69, 9.17) is 9.84 Å². The maximum Gasteiger partial charge on any atom is 0.303 e. The van der Waals surface area contributed by atoms with Crippen LogP contribution in [-0.2, 0) is 9.53 Å². The summed E-state index contributed by atoms with van der Waals surface area (Å²) >= 11 is 0. The third-order valence-corrected chi connectivity index (χ3v) is 4.50. The van der Waals surface area contributed by atoms with Gasteiger partial charge in [0.15, 0.2) is 0 Å². The Kier molecular flexibility index (Phi) is 12.4. The molecule has 0 saturated carbocycles. The maximum atomic E-state index is 10.3. The van der Waals surface area contributed by atoms with Crippen LogP contribution in [0.2, 0.25) is 0 Å². The second-order valence-corrected chi connectivity index (χ2v) is 6.92. The molecule has 0 bridgehead atoms. The van der Waals surface area contributed by atoms with Crippen LogP contribution in [0.15, 0.2) is 48.6 Å². The van der Waals surface area contributed by atoms with E-state index in [-0.39, 0.29) is 12.5 Å². The monoisotopic (exact) mass is 394 g/mol. The van der Waals surface area contributed by atoms with Crippen LogP contribution in [0.5, 0.6) is 0 Å². The van der Waals surface area contributed by atoms with Crippen molar-refractivity contribution in [2.24, 2.45) is 0 Å². The molecule has 0 aliphatic carbocycles.